The smallest absolute Gasteiger partial charge is 0.393 e. The molecule has 0 rings (SSSR count). The van der Waals surface area contributed by atoms with Crippen LogP contribution in [-0.2, 0) is 9.84 Å². The molecule has 0 saturated carbocycles. The lowest BCUT2D eigenvalue weighted by Crippen LogP contribution is -2.24. The molecule has 0 fully saturated rings. The zero-order valence-electron chi connectivity index (χ0n) is 4.89. The first kappa shape index (κ1) is 9.67. The van der Waals surface area contributed by atoms with E-state index in [1.54, 1.807) is 0 Å². The van der Waals surface area contributed by atoms with Crippen molar-refractivity contribution in [3.05, 3.63) is 0 Å². The van der Waals surface area contributed by atoms with Gasteiger partial charge >= 0.3 is 6.36 Å². The summed E-state index contributed by atoms with van der Waals surface area (Å²) in [5, 5.41) is 18.0. The maximum Gasteiger partial charge on any atom is 0.522 e. The van der Waals surface area contributed by atoms with Crippen LogP contribution in [0.4, 0.5) is 13.2 Å². The Bertz CT molecular complexity index is 92.2. The van der Waals surface area contributed by atoms with Crippen LogP contribution in [-0.4, -0.2) is 30.8 Å². The van der Waals surface area contributed by atoms with Gasteiger partial charge in [0.25, 0.3) is 0 Å². The highest BCUT2D eigenvalue weighted by atomic mass is 19.4. The molecule has 0 bridgehead atoms. The molecule has 61 valence electrons. The average molecular weight is 159 g/mol. The summed E-state index contributed by atoms with van der Waals surface area (Å²) in [5.74, 6) is 0. The minimum Gasteiger partial charge on any atom is -0.393 e. The minimum atomic E-state index is -4.78. The van der Waals surface area contributed by atoms with E-state index in [0.717, 1.165) is 0 Å². The van der Waals surface area contributed by atoms with Gasteiger partial charge in [0.2, 0.25) is 0 Å². The number of halogens is 3. The van der Waals surface area contributed by atoms with Gasteiger partial charge in [-0.15, -0.1) is 13.2 Å². The first-order valence-electron chi connectivity index (χ1n) is 2.43. The van der Waals surface area contributed by atoms with E-state index in [-0.39, 0.29) is 0 Å². The van der Waals surface area contributed by atoms with Gasteiger partial charge in [-0.1, -0.05) is 0 Å². The molecular weight excluding hydrogens is 153 g/mol. The lowest BCUT2D eigenvalue weighted by atomic mass is 10.4. The third-order valence-electron chi connectivity index (χ3n) is 0.637. The molecule has 0 aliphatic heterocycles. The highest BCUT2D eigenvalue weighted by Gasteiger charge is 2.30. The first-order chi connectivity index (χ1) is 4.45. The number of aliphatic hydroxyl groups excluding tert-OH is 1. The second kappa shape index (κ2) is 3.75. The summed E-state index contributed by atoms with van der Waals surface area (Å²) in [6.07, 6.45) is -6.50. The largest absolute Gasteiger partial charge is 0.522 e. The van der Waals surface area contributed by atoms with Crippen LogP contribution < -0.4 is 0 Å². The van der Waals surface area contributed by atoms with Gasteiger partial charge in [0, 0.05) is 0 Å². The van der Waals surface area contributed by atoms with Crippen LogP contribution in [0.2, 0.25) is 0 Å². The van der Waals surface area contributed by atoms with E-state index in [1.165, 1.54) is 0 Å². The van der Waals surface area contributed by atoms with Gasteiger partial charge in [-0.05, 0) is 0 Å². The highest BCUT2D eigenvalue weighted by Crippen LogP contribution is 2.15. The number of hydrogen-bond acceptors (Lipinski definition) is 2. The zero-order valence-corrected chi connectivity index (χ0v) is 4.89. The number of rotatable bonds is 3. The van der Waals surface area contributed by atoms with Crippen molar-refractivity contribution in [3.63, 3.8) is 0 Å². The van der Waals surface area contributed by atoms with Gasteiger partial charge in [-0.2, -0.15) is 0 Å². The van der Waals surface area contributed by atoms with Crippen LogP contribution in [0, 0.1) is 0 Å². The van der Waals surface area contributed by atoms with Gasteiger partial charge < -0.3 is 5.11 Å². The van der Waals surface area contributed by atoms with Gasteiger partial charge in [0.15, 0.2) is 0 Å². The average Bonchev–Trinajstić information content (AvgIpc) is 1.81. The summed E-state index contributed by atoms with van der Waals surface area (Å²) in [7, 11) is 0. The van der Waals surface area contributed by atoms with E-state index in [2.05, 4.69) is 4.74 Å². The third-order valence-corrected chi connectivity index (χ3v) is 0.637. The Morgan fingerprint density at radius 2 is 2.00 bits per heavy atom. The Labute approximate surface area is 55.0 Å². The second-order valence-corrected chi connectivity index (χ2v) is 1.56. The van der Waals surface area contributed by atoms with Gasteiger partial charge in [0.1, 0.15) is 6.10 Å². The molecule has 1 unspecified atom stereocenters. The molecule has 1 atom stereocenters. The molecule has 0 aromatic rings. The number of hydrogen-bond donors (Lipinski definition) is 1. The number of aliphatic hydroxyl groups is 1. The zero-order chi connectivity index (χ0) is 8.20. The molecule has 6 heteroatoms. The van der Waals surface area contributed by atoms with Crippen molar-refractivity contribution in [3.8, 4) is 0 Å². The lowest BCUT2D eigenvalue weighted by Gasteiger charge is -2.08. The summed E-state index contributed by atoms with van der Waals surface area (Å²) in [5.41, 5.74) is 0. The van der Waals surface area contributed by atoms with Gasteiger partial charge in [-0.3, -0.25) is 4.74 Å². The summed E-state index contributed by atoms with van der Waals surface area (Å²) in [6, 6.07) is 0. The van der Waals surface area contributed by atoms with E-state index in [9.17, 15) is 18.3 Å². The molecule has 0 aromatic carbocycles. The Morgan fingerprint density at radius 1 is 1.50 bits per heavy atom. The van der Waals surface area contributed by atoms with E-state index in [4.69, 9.17) is 5.11 Å². The predicted molar refractivity (Wildman–Crippen MR) is 23.6 cm³/mol. The Morgan fingerprint density at radius 3 is 2.30 bits per heavy atom. The van der Waals surface area contributed by atoms with Crippen molar-refractivity contribution in [2.45, 2.75) is 12.5 Å². The monoisotopic (exact) mass is 159 g/mol. The molecule has 0 aromatic heterocycles. The van der Waals surface area contributed by atoms with Crippen LogP contribution in [0.15, 0.2) is 0 Å². The van der Waals surface area contributed by atoms with Crippen LogP contribution in [0.1, 0.15) is 0 Å². The highest BCUT2D eigenvalue weighted by molar-refractivity contribution is 4.48. The minimum absolute atomic E-state index is 0.851. The van der Waals surface area contributed by atoms with Gasteiger partial charge in [0.05, 0.1) is 13.2 Å². The normalized spacial score (nSPS) is 15.3. The van der Waals surface area contributed by atoms with Crippen molar-refractivity contribution < 1.29 is 28.1 Å². The van der Waals surface area contributed by atoms with E-state index >= 15 is 0 Å². The molecule has 0 spiro atoms. The quantitative estimate of drug-likeness (QED) is 0.644. The maximum atomic E-state index is 11.1. The molecule has 0 aliphatic rings. The van der Waals surface area contributed by atoms with Crippen LogP contribution >= 0.6 is 0 Å². The third kappa shape index (κ3) is 5.80. The molecule has 0 saturated heterocycles. The van der Waals surface area contributed by atoms with Crippen molar-refractivity contribution in [1.82, 2.24) is 0 Å². The van der Waals surface area contributed by atoms with Crippen molar-refractivity contribution in [2.24, 2.45) is 0 Å². The van der Waals surface area contributed by atoms with E-state index < -0.39 is 25.7 Å². The molecule has 1 radical (unpaired) electrons. The van der Waals surface area contributed by atoms with E-state index in [0.29, 0.717) is 0 Å². The van der Waals surface area contributed by atoms with Crippen LogP contribution in [0.5, 0.6) is 0 Å². The fraction of sp³-hybridized carbons (Fsp3) is 1.00. The van der Waals surface area contributed by atoms with Crippen molar-refractivity contribution in [1.29, 1.82) is 0 Å². The standard InChI is InChI=1S/C4H6F3O3/c5-4(6,7)10-2-3(9)1-8/h3,8H,1-2H2. The number of alkyl halides is 3. The maximum absolute atomic E-state index is 11.1. The molecule has 3 nitrogen and oxygen atoms in total. The van der Waals surface area contributed by atoms with Crippen LogP contribution in [0.3, 0.4) is 0 Å². The topological polar surface area (TPSA) is 49.4 Å². The lowest BCUT2D eigenvalue weighted by molar-refractivity contribution is -0.332. The Kier molecular flexibility index (Phi) is 3.62. The van der Waals surface area contributed by atoms with E-state index in [1.807, 2.05) is 0 Å². The Balaban J connectivity index is 3.36. The Hall–Kier alpha value is -0.330. The molecule has 0 heterocycles. The predicted octanol–water partition coefficient (Wildman–Crippen LogP) is 0.314. The van der Waals surface area contributed by atoms with Crippen LogP contribution in [0.25, 0.3) is 0 Å². The van der Waals surface area contributed by atoms with Crippen molar-refractivity contribution >= 4 is 0 Å². The summed E-state index contributed by atoms with van der Waals surface area (Å²) < 4.78 is 36.4. The fourth-order valence-corrected chi connectivity index (χ4v) is 0.240. The molecule has 0 amide bonds. The number of ether oxygens (including phenoxy) is 1. The second-order valence-electron chi connectivity index (χ2n) is 1.56. The molecule has 0 aliphatic carbocycles. The molecule has 1 N–H and O–H groups in total. The SMILES string of the molecule is [O]C(CO)COC(F)(F)F. The fourth-order valence-electron chi connectivity index (χ4n) is 0.240. The first-order valence-corrected chi connectivity index (χ1v) is 2.43. The summed E-state index contributed by atoms with van der Waals surface area (Å²) >= 11 is 0. The molecular formula is C4H6F3O3. The molecule has 10 heavy (non-hydrogen) atoms. The summed E-state index contributed by atoms with van der Waals surface area (Å²) in [4.78, 5) is 0. The summed E-state index contributed by atoms with van der Waals surface area (Å²) in [6.45, 7) is -1.89. The van der Waals surface area contributed by atoms with Crippen molar-refractivity contribution in [2.75, 3.05) is 13.2 Å². The van der Waals surface area contributed by atoms with Gasteiger partial charge in [-0.25, -0.2) is 5.11 Å².